The quantitative estimate of drug-likeness (QED) is 0.241. The van der Waals surface area contributed by atoms with Gasteiger partial charge in [0.05, 0.1) is 0 Å². The van der Waals surface area contributed by atoms with Crippen molar-refractivity contribution in [2.45, 2.75) is 46.0 Å². The Kier molecular flexibility index (Phi) is 12.6. The van der Waals surface area contributed by atoms with Crippen molar-refractivity contribution in [2.75, 3.05) is 46.3 Å². The number of piperidine rings is 1. The summed E-state index contributed by atoms with van der Waals surface area (Å²) in [4.78, 5) is 11.2. The minimum absolute atomic E-state index is 0. The smallest absolute Gasteiger partial charge is 0.193 e. The first-order chi connectivity index (χ1) is 12.2. The van der Waals surface area contributed by atoms with Crippen molar-refractivity contribution >= 4 is 41.3 Å². The van der Waals surface area contributed by atoms with E-state index in [0.29, 0.717) is 0 Å². The second kappa shape index (κ2) is 13.8. The maximum absolute atomic E-state index is 4.82. The molecular weight excluding hydrogens is 455 g/mol. The van der Waals surface area contributed by atoms with Gasteiger partial charge in [0.2, 0.25) is 0 Å². The van der Waals surface area contributed by atoms with E-state index in [0.717, 1.165) is 37.9 Å². The third kappa shape index (κ3) is 9.04. The molecule has 0 spiro atoms. The Hall–Kier alpha value is -0.340. The minimum Gasteiger partial charge on any atom is -0.357 e. The number of nitrogens with zero attached hydrogens (tertiary/aromatic N) is 3. The Bertz CT molecular complexity index is 484. The van der Waals surface area contributed by atoms with Crippen molar-refractivity contribution in [3.8, 4) is 0 Å². The highest BCUT2D eigenvalue weighted by molar-refractivity contribution is 14.0. The molecule has 26 heavy (non-hydrogen) atoms. The molecule has 0 amide bonds. The third-order valence-corrected chi connectivity index (χ3v) is 5.93. The Labute approximate surface area is 181 Å². The maximum atomic E-state index is 4.82. The highest BCUT2D eigenvalue weighted by Gasteiger charge is 2.14. The predicted octanol–water partition coefficient (Wildman–Crippen LogP) is 4.32. The van der Waals surface area contributed by atoms with Gasteiger partial charge in [-0.15, -0.1) is 35.3 Å². The van der Waals surface area contributed by atoms with E-state index < -0.39 is 0 Å². The average molecular weight is 493 g/mol. The normalized spacial score (nSPS) is 16.3. The van der Waals surface area contributed by atoms with Crippen LogP contribution >= 0.6 is 35.3 Å². The minimum atomic E-state index is 0. The van der Waals surface area contributed by atoms with Crippen molar-refractivity contribution in [2.24, 2.45) is 10.9 Å². The van der Waals surface area contributed by atoms with Gasteiger partial charge in [-0.2, -0.15) is 0 Å². The van der Waals surface area contributed by atoms with E-state index in [-0.39, 0.29) is 24.0 Å². The van der Waals surface area contributed by atoms with Crippen molar-refractivity contribution < 1.29 is 0 Å². The summed E-state index contributed by atoms with van der Waals surface area (Å²) in [5, 5.41) is 5.58. The van der Waals surface area contributed by atoms with Crippen LogP contribution in [-0.4, -0.2) is 62.1 Å². The Morgan fingerprint density at radius 2 is 2.12 bits per heavy atom. The van der Waals surface area contributed by atoms with Gasteiger partial charge >= 0.3 is 0 Å². The molecule has 150 valence electrons. The summed E-state index contributed by atoms with van der Waals surface area (Å²) < 4.78 is 0. The molecule has 1 fully saturated rings. The summed E-state index contributed by atoms with van der Waals surface area (Å²) >= 11 is 1.84. The zero-order chi connectivity index (χ0) is 17.9. The molecule has 4 nitrogen and oxygen atoms in total. The van der Waals surface area contributed by atoms with Crippen LogP contribution in [0.15, 0.2) is 22.5 Å². The van der Waals surface area contributed by atoms with Crippen LogP contribution in [0.2, 0.25) is 0 Å². The van der Waals surface area contributed by atoms with Gasteiger partial charge in [-0.25, -0.2) is 0 Å². The number of likely N-dealkylation sites (N-methyl/N-ethyl adjacent to an activating group) is 1. The van der Waals surface area contributed by atoms with Crippen molar-refractivity contribution in [3.63, 3.8) is 0 Å². The zero-order valence-corrected chi connectivity index (χ0v) is 19.9. The third-order valence-electron chi connectivity index (χ3n) is 4.99. The number of hydrogen-bond acceptors (Lipinski definition) is 3. The number of rotatable bonds is 9. The van der Waals surface area contributed by atoms with Crippen LogP contribution in [0.4, 0.5) is 0 Å². The lowest BCUT2D eigenvalue weighted by Gasteiger charge is -2.30. The van der Waals surface area contributed by atoms with E-state index in [1.165, 1.54) is 50.2 Å². The van der Waals surface area contributed by atoms with Crippen LogP contribution in [0.1, 0.15) is 44.4 Å². The standard InChI is InChI=1S/C20H36N4S.HI/c1-4-21-20(23(3)14-11-19-8-7-17-25-19)22-12-5-6-13-24-15-9-18(2)10-16-24;/h7-8,17-18H,4-6,9-16H2,1-3H3,(H,21,22);1H. The first-order valence-corrected chi connectivity index (χ1v) is 10.8. The highest BCUT2D eigenvalue weighted by Crippen LogP contribution is 2.16. The molecule has 0 unspecified atom stereocenters. The molecule has 2 heterocycles. The number of hydrogen-bond donors (Lipinski definition) is 1. The van der Waals surface area contributed by atoms with Gasteiger partial charge in [0.15, 0.2) is 5.96 Å². The second-order valence-electron chi connectivity index (χ2n) is 7.22. The number of thiophene rings is 1. The number of nitrogens with one attached hydrogen (secondary N) is 1. The summed E-state index contributed by atoms with van der Waals surface area (Å²) in [5.74, 6) is 1.97. The summed E-state index contributed by atoms with van der Waals surface area (Å²) in [6.45, 7) is 11.2. The molecule has 0 bridgehead atoms. The fourth-order valence-corrected chi connectivity index (χ4v) is 3.92. The molecule has 0 aromatic carbocycles. The Balaban J connectivity index is 0.00000338. The summed E-state index contributed by atoms with van der Waals surface area (Å²) in [7, 11) is 2.14. The zero-order valence-electron chi connectivity index (χ0n) is 16.7. The predicted molar refractivity (Wildman–Crippen MR) is 126 cm³/mol. The van der Waals surface area contributed by atoms with E-state index in [9.17, 15) is 0 Å². The first-order valence-electron chi connectivity index (χ1n) is 9.93. The molecule has 0 atom stereocenters. The van der Waals surface area contributed by atoms with Gasteiger partial charge in [0.1, 0.15) is 0 Å². The van der Waals surface area contributed by atoms with Gasteiger partial charge < -0.3 is 15.1 Å². The first kappa shape index (κ1) is 23.7. The molecule has 1 aromatic rings. The maximum Gasteiger partial charge on any atom is 0.193 e. The molecule has 1 N–H and O–H groups in total. The van der Waals surface area contributed by atoms with E-state index in [1.807, 2.05) is 11.3 Å². The van der Waals surface area contributed by atoms with Gasteiger partial charge in [-0.1, -0.05) is 13.0 Å². The molecule has 1 saturated heterocycles. The number of guanidine groups is 1. The van der Waals surface area contributed by atoms with Crippen LogP contribution in [-0.2, 0) is 6.42 Å². The molecule has 0 saturated carbocycles. The second-order valence-corrected chi connectivity index (χ2v) is 8.25. The average Bonchev–Trinajstić information content (AvgIpc) is 3.13. The van der Waals surface area contributed by atoms with Crippen LogP contribution in [0.3, 0.4) is 0 Å². The molecule has 2 rings (SSSR count). The topological polar surface area (TPSA) is 30.9 Å². The molecule has 1 aliphatic heterocycles. The van der Waals surface area contributed by atoms with E-state index >= 15 is 0 Å². The number of unbranched alkanes of at least 4 members (excludes halogenated alkanes) is 1. The Morgan fingerprint density at radius 1 is 1.35 bits per heavy atom. The van der Waals surface area contributed by atoms with Gasteiger partial charge in [0, 0.05) is 31.6 Å². The lowest BCUT2D eigenvalue weighted by atomic mass is 9.99. The molecule has 1 aliphatic rings. The highest BCUT2D eigenvalue weighted by atomic mass is 127. The van der Waals surface area contributed by atoms with Crippen molar-refractivity contribution in [3.05, 3.63) is 22.4 Å². The SMILES string of the molecule is CCNC(=NCCCCN1CCC(C)CC1)N(C)CCc1cccs1.I. The van der Waals surface area contributed by atoms with Crippen LogP contribution in [0.25, 0.3) is 0 Å². The van der Waals surface area contributed by atoms with Crippen molar-refractivity contribution in [1.29, 1.82) is 0 Å². The summed E-state index contributed by atoms with van der Waals surface area (Å²) in [5.41, 5.74) is 0. The van der Waals surface area contributed by atoms with E-state index in [4.69, 9.17) is 4.99 Å². The summed E-state index contributed by atoms with van der Waals surface area (Å²) in [6.07, 6.45) is 6.28. The fourth-order valence-electron chi connectivity index (χ4n) is 3.23. The molecule has 1 aromatic heterocycles. The lowest BCUT2D eigenvalue weighted by Crippen LogP contribution is -2.40. The van der Waals surface area contributed by atoms with Crippen LogP contribution < -0.4 is 5.32 Å². The largest absolute Gasteiger partial charge is 0.357 e. The summed E-state index contributed by atoms with van der Waals surface area (Å²) in [6, 6.07) is 4.34. The van der Waals surface area contributed by atoms with Gasteiger partial charge in [0.25, 0.3) is 0 Å². The molecule has 0 aliphatic carbocycles. The van der Waals surface area contributed by atoms with Crippen LogP contribution in [0.5, 0.6) is 0 Å². The van der Waals surface area contributed by atoms with E-state index in [2.05, 4.69) is 53.5 Å². The molecular formula is C20H37IN4S. The van der Waals surface area contributed by atoms with Crippen LogP contribution in [0, 0.1) is 5.92 Å². The number of aliphatic imine (C=N–C) groups is 1. The monoisotopic (exact) mass is 492 g/mol. The van der Waals surface area contributed by atoms with Gasteiger partial charge in [-0.3, -0.25) is 4.99 Å². The fraction of sp³-hybridized carbons (Fsp3) is 0.750. The van der Waals surface area contributed by atoms with E-state index in [1.54, 1.807) is 0 Å². The molecule has 6 heteroatoms. The number of likely N-dealkylation sites (tertiary alicyclic amines) is 1. The van der Waals surface area contributed by atoms with Crippen molar-refractivity contribution in [1.82, 2.24) is 15.1 Å². The lowest BCUT2D eigenvalue weighted by molar-refractivity contribution is 0.190. The van der Waals surface area contributed by atoms with Gasteiger partial charge in [-0.05, 0) is 76.0 Å². The Morgan fingerprint density at radius 3 is 2.77 bits per heavy atom. The number of halogens is 1. The molecule has 0 radical (unpaired) electrons.